The van der Waals surface area contributed by atoms with Gasteiger partial charge in [0.05, 0.1) is 0 Å². The van der Waals surface area contributed by atoms with Gasteiger partial charge in [0.15, 0.2) is 8.32 Å². The van der Waals surface area contributed by atoms with Gasteiger partial charge in [0.2, 0.25) is 0 Å². The van der Waals surface area contributed by atoms with Gasteiger partial charge < -0.3 is 4.43 Å². The lowest BCUT2D eigenvalue weighted by Gasteiger charge is -2.38. The Morgan fingerprint density at radius 1 is 1.05 bits per heavy atom. The molecule has 3 heteroatoms. The van der Waals surface area contributed by atoms with Crippen molar-refractivity contribution in [3.8, 4) is 0 Å². The molecule has 2 rings (SSSR count). The van der Waals surface area contributed by atoms with Crippen LogP contribution >= 0.6 is 0 Å². The molecule has 0 bridgehead atoms. The zero-order valence-electron chi connectivity index (χ0n) is 13.6. The van der Waals surface area contributed by atoms with Crippen LogP contribution in [-0.2, 0) is 9.22 Å². The molecule has 0 heterocycles. The largest absolute Gasteiger partial charge is 0.414 e. The molecule has 19 heavy (non-hydrogen) atoms. The highest BCUT2D eigenvalue weighted by Gasteiger charge is 2.52. The zero-order valence-corrected chi connectivity index (χ0v) is 14.6. The molecule has 0 radical (unpaired) electrons. The highest BCUT2D eigenvalue weighted by molar-refractivity contribution is 6.74. The standard InChI is InChI=1S/C16H30O2Si/c1-10-13-8-12(9-14(13)11(2)15(10)17)18-19(6,7)16(3,4)5/h10-14H,8-9H2,1-7H3/t10-,11+,12?,13-,14+. The molecule has 2 aliphatic rings. The van der Waals surface area contributed by atoms with Gasteiger partial charge in [-0.3, -0.25) is 4.79 Å². The maximum absolute atomic E-state index is 12.0. The molecule has 2 aliphatic carbocycles. The van der Waals surface area contributed by atoms with E-state index in [1.54, 1.807) is 0 Å². The second-order valence-corrected chi connectivity index (χ2v) is 13.0. The van der Waals surface area contributed by atoms with Gasteiger partial charge in [-0.05, 0) is 42.8 Å². The molecule has 0 N–H and O–H groups in total. The minimum absolute atomic E-state index is 0.257. The van der Waals surface area contributed by atoms with E-state index in [0.717, 1.165) is 12.8 Å². The lowest BCUT2D eigenvalue weighted by Crippen LogP contribution is -2.43. The van der Waals surface area contributed by atoms with Crippen LogP contribution in [0, 0.1) is 23.7 Å². The zero-order chi connectivity index (χ0) is 14.6. The number of hydrogen-bond donors (Lipinski definition) is 0. The molecular formula is C16H30O2Si. The first-order valence-electron chi connectivity index (χ1n) is 7.76. The third-order valence-corrected chi connectivity index (χ3v) is 10.6. The second kappa shape index (κ2) is 4.69. The fraction of sp³-hybridized carbons (Fsp3) is 0.938. The molecule has 110 valence electrons. The summed E-state index contributed by atoms with van der Waals surface area (Å²) in [6.07, 6.45) is 2.61. The van der Waals surface area contributed by atoms with E-state index in [1.165, 1.54) is 0 Å². The maximum atomic E-state index is 12.0. The molecule has 0 aliphatic heterocycles. The van der Waals surface area contributed by atoms with Crippen LogP contribution in [0.15, 0.2) is 0 Å². The molecule has 2 fully saturated rings. The van der Waals surface area contributed by atoms with Crippen molar-refractivity contribution >= 4 is 14.1 Å². The van der Waals surface area contributed by atoms with Crippen molar-refractivity contribution in [3.63, 3.8) is 0 Å². The highest BCUT2D eigenvalue weighted by atomic mass is 28.4. The van der Waals surface area contributed by atoms with E-state index < -0.39 is 8.32 Å². The summed E-state index contributed by atoms with van der Waals surface area (Å²) in [4.78, 5) is 12.0. The quantitative estimate of drug-likeness (QED) is 0.707. The number of hydrogen-bond acceptors (Lipinski definition) is 2. The first-order chi connectivity index (χ1) is 8.54. The lowest BCUT2D eigenvalue weighted by atomic mass is 9.92. The van der Waals surface area contributed by atoms with Crippen LogP contribution in [0.1, 0.15) is 47.5 Å². The van der Waals surface area contributed by atoms with Crippen molar-refractivity contribution in [2.75, 3.05) is 0 Å². The third-order valence-electron chi connectivity index (χ3n) is 6.07. The van der Waals surface area contributed by atoms with Crippen LogP contribution in [0.5, 0.6) is 0 Å². The van der Waals surface area contributed by atoms with Crippen molar-refractivity contribution in [2.24, 2.45) is 23.7 Å². The van der Waals surface area contributed by atoms with E-state index in [2.05, 4.69) is 47.7 Å². The van der Waals surface area contributed by atoms with Gasteiger partial charge in [0, 0.05) is 17.9 Å². The predicted octanol–water partition coefficient (Wildman–Crippen LogP) is 4.26. The van der Waals surface area contributed by atoms with Gasteiger partial charge in [0.25, 0.3) is 0 Å². The van der Waals surface area contributed by atoms with Gasteiger partial charge in [-0.15, -0.1) is 0 Å². The SMILES string of the molecule is C[C@@H]1C(=O)[C@H](C)[C@H]2CC(O[Si](C)(C)C(C)(C)C)C[C@H]21. The van der Waals surface area contributed by atoms with Crippen LogP contribution in [0.25, 0.3) is 0 Å². The van der Waals surface area contributed by atoms with E-state index in [0.29, 0.717) is 23.7 Å². The minimum atomic E-state index is -1.66. The lowest BCUT2D eigenvalue weighted by molar-refractivity contribution is -0.124. The van der Waals surface area contributed by atoms with Crippen molar-refractivity contribution in [1.29, 1.82) is 0 Å². The Hall–Kier alpha value is -0.153. The molecule has 2 saturated carbocycles. The number of carbonyl (C=O) groups is 1. The normalized spacial score (nSPS) is 39.7. The van der Waals surface area contributed by atoms with E-state index >= 15 is 0 Å². The van der Waals surface area contributed by atoms with Gasteiger partial charge in [0.1, 0.15) is 5.78 Å². The highest BCUT2D eigenvalue weighted by Crippen LogP contribution is 2.51. The second-order valence-electron chi connectivity index (χ2n) is 8.28. The number of carbonyl (C=O) groups excluding carboxylic acids is 1. The summed E-state index contributed by atoms with van der Waals surface area (Å²) in [6, 6.07) is 0. The van der Waals surface area contributed by atoms with E-state index in [4.69, 9.17) is 4.43 Å². The van der Waals surface area contributed by atoms with Crippen LogP contribution in [0.3, 0.4) is 0 Å². The topological polar surface area (TPSA) is 26.3 Å². The van der Waals surface area contributed by atoms with Crippen molar-refractivity contribution in [2.45, 2.75) is 71.7 Å². The summed E-state index contributed by atoms with van der Waals surface area (Å²) in [5.74, 6) is 2.16. The average molecular weight is 282 g/mol. The van der Waals surface area contributed by atoms with Gasteiger partial charge in [-0.1, -0.05) is 34.6 Å². The van der Waals surface area contributed by atoms with Crippen LogP contribution in [0.4, 0.5) is 0 Å². The fourth-order valence-corrected chi connectivity index (χ4v) is 5.11. The first-order valence-corrected chi connectivity index (χ1v) is 10.7. The first kappa shape index (κ1) is 15.2. The Morgan fingerprint density at radius 3 is 1.84 bits per heavy atom. The van der Waals surface area contributed by atoms with Crippen LogP contribution in [-0.4, -0.2) is 20.2 Å². The minimum Gasteiger partial charge on any atom is -0.414 e. The molecule has 2 nitrogen and oxygen atoms in total. The van der Waals surface area contributed by atoms with E-state index in [-0.39, 0.29) is 16.9 Å². The molecule has 1 unspecified atom stereocenters. The summed E-state index contributed by atoms with van der Waals surface area (Å²) >= 11 is 0. The monoisotopic (exact) mass is 282 g/mol. The van der Waals surface area contributed by atoms with Crippen LogP contribution < -0.4 is 0 Å². The molecule has 0 aromatic carbocycles. The molecule has 5 atom stereocenters. The summed E-state index contributed by atoms with van der Waals surface area (Å²) in [5.41, 5.74) is 0. The number of Topliss-reactive ketones (excluding diaryl/α,β-unsaturated/α-hetero) is 1. The average Bonchev–Trinajstić information content (AvgIpc) is 2.74. The van der Waals surface area contributed by atoms with Crippen molar-refractivity contribution in [1.82, 2.24) is 0 Å². The summed E-state index contributed by atoms with van der Waals surface area (Å²) in [7, 11) is -1.66. The Balaban J connectivity index is 2.03. The molecular weight excluding hydrogens is 252 g/mol. The van der Waals surface area contributed by atoms with Gasteiger partial charge >= 0.3 is 0 Å². The smallest absolute Gasteiger partial charge is 0.192 e. The fourth-order valence-electron chi connectivity index (χ4n) is 3.73. The summed E-state index contributed by atoms with van der Waals surface area (Å²) in [6.45, 7) is 15.8. The Bertz CT molecular complexity index is 349. The van der Waals surface area contributed by atoms with Crippen molar-refractivity contribution < 1.29 is 9.22 Å². The number of ketones is 1. The third kappa shape index (κ3) is 2.56. The summed E-state index contributed by atoms with van der Waals surface area (Å²) < 4.78 is 6.56. The molecule has 0 aromatic heterocycles. The maximum Gasteiger partial charge on any atom is 0.192 e. The Labute approximate surface area is 119 Å². The summed E-state index contributed by atoms with van der Waals surface area (Å²) in [5, 5.41) is 0.276. The number of rotatable bonds is 2. The molecule has 0 amide bonds. The van der Waals surface area contributed by atoms with E-state index in [9.17, 15) is 4.79 Å². The Kier molecular flexibility index (Phi) is 3.77. The predicted molar refractivity (Wildman–Crippen MR) is 81.6 cm³/mol. The van der Waals surface area contributed by atoms with Crippen LogP contribution in [0.2, 0.25) is 18.1 Å². The van der Waals surface area contributed by atoms with Crippen molar-refractivity contribution in [3.05, 3.63) is 0 Å². The molecule has 0 aromatic rings. The van der Waals surface area contributed by atoms with Gasteiger partial charge in [-0.25, -0.2) is 0 Å². The number of fused-ring (bicyclic) bond motifs is 1. The molecule has 0 saturated heterocycles. The van der Waals surface area contributed by atoms with E-state index in [1.807, 2.05) is 0 Å². The Morgan fingerprint density at radius 2 is 1.47 bits per heavy atom. The molecule has 0 spiro atoms. The van der Waals surface area contributed by atoms with Gasteiger partial charge in [-0.2, -0.15) is 0 Å².